The van der Waals surface area contributed by atoms with Crippen LogP contribution in [0.2, 0.25) is 10.0 Å². The van der Waals surface area contributed by atoms with E-state index in [4.69, 9.17) is 41.2 Å². The van der Waals surface area contributed by atoms with Crippen molar-refractivity contribution in [2.75, 3.05) is 0 Å². The number of carbonyl (C=O) groups excluding carboxylic acids is 1. The van der Waals surface area contributed by atoms with Gasteiger partial charge in [-0.1, -0.05) is 59.7 Å². The molecule has 0 saturated carbocycles. The van der Waals surface area contributed by atoms with Gasteiger partial charge in [0, 0.05) is 12.1 Å². The number of carbonyl (C=O) groups is 1. The lowest BCUT2D eigenvalue weighted by Gasteiger charge is -2.09. The first-order chi connectivity index (χ1) is 9.99. The Morgan fingerprint density at radius 3 is 2.38 bits per heavy atom. The topological polar surface area (TPSA) is 55.1 Å². The first-order valence-corrected chi connectivity index (χ1v) is 7.26. The molecule has 3 N–H and O–H groups in total. The van der Waals surface area contributed by atoms with Gasteiger partial charge in [-0.2, -0.15) is 0 Å². The quantitative estimate of drug-likeness (QED) is 0.838. The Labute approximate surface area is 138 Å². The third-order valence-electron chi connectivity index (χ3n) is 2.85. The average molecular weight is 339 g/mol. The van der Waals surface area contributed by atoms with Gasteiger partial charge in [-0.15, -0.1) is 0 Å². The summed E-state index contributed by atoms with van der Waals surface area (Å²) in [7, 11) is 0. The molecular formula is C15H12Cl2N2OS. The summed E-state index contributed by atoms with van der Waals surface area (Å²) in [6.45, 7) is 0.330. The third kappa shape index (κ3) is 3.94. The number of hydrogen-bond donors (Lipinski definition) is 2. The average Bonchev–Trinajstić information content (AvgIpc) is 2.45. The summed E-state index contributed by atoms with van der Waals surface area (Å²) in [5.41, 5.74) is 7.49. The van der Waals surface area contributed by atoms with Crippen LogP contribution >= 0.6 is 35.4 Å². The molecule has 2 aromatic rings. The molecule has 2 aromatic carbocycles. The van der Waals surface area contributed by atoms with Gasteiger partial charge in [0.05, 0.1) is 15.6 Å². The van der Waals surface area contributed by atoms with Crippen molar-refractivity contribution < 1.29 is 4.79 Å². The van der Waals surface area contributed by atoms with Gasteiger partial charge in [0.25, 0.3) is 5.91 Å². The largest absolute Gasteiger partial charge is 0.389 e. The monoisotopic (exact) mass is 338 g/mol. The highest BCUT2D eigenvalue weighted by molar-refractivity contribution is 7.80. The van der Waals surface area contributed by atoms with E-state index in [0.29, 0.717) is 21.6 Å². The highest BCUT2D eigenvalue weighted by Gasteiger charge is 2.14. The Morgan fingerprint density at radius 2 is 1.76 bits per heavy atom. The second kappa shape index (κ2) is 6.89. The maximum Gasteiger partial charge on any atom is 0.254 e. The second-order valence-electron chi connectivity index (χ2n) is 4.34. The van der Waals surface area contributed by atoms with Crippen molar-refractivity contribution in [2.24, 2.45) is 5.73 Å². The van der Waals surface area contributed by atoms with E-state index >= 15 is 0 Å². The molecule has 0 spiro atoms. The van der Waals surface area contributed by atoms with Crippen LogP contribution in [0.4, 0.5) is 0 Å². The van der Waals surface area contributed by atoms with E-state index in [-0.39, 0.29) is 11.5 Å². The zero-order valence-corrected chi connectivity index (χ0v) is 13.2. The second-order valence-corrected chi connectivity index (χ2v) is 5.60. The van der Waals surface area contributed by atoms with Gasteiger partial charge in [-0.3, -0.25) is 4.79 Å². The molecule has 0 bridgehead atoms. The van der Waals surface area contributed by atoms with Crippen molar-refractivity contribution in [1.29, 1.82) is 0 Å². The molecule has 0 saturated heterocycles. The lowest BCUT2D eigenvalue weighted by Crippen LogP contribution is -2.23. The fourth-order valence-electron chi connectivity index (χ4n) is 1.82. The highest BCUT2D eigenvalue weighted by atomic mass is 35.5. The standard InChI is InChI=1S/C15H12Cl2N2OS/c16-11-5-2-6-12(17)13(11)15(20)19-8-9-3-1-4-10(7-9)14(18)21/h1-7H,8H2,(H2,18,21)(H,19,20). The Hall–Kier alpha value is -1.62. The first-order valence-electron chi connectivity index (χ1n) is 6.10. The van der Waals surface area contributed by atoms with Crippen LogP contribution in [0.3, 0.4) is 0 Å². The Kier molecular flexibility index (Phi) is 5.17. The van der Waals surface area contributed by atoms with E-state index in [1.807, 2.05) is 24.3 Å². The first kappa shape index (κ1) is 15.8. The van der Waals surface area contributed by atoms with Crippen molar-refractivity contribution in [2.45, 2.75) is 6.54 Å². The van der Waals surface area contributed by atoms with E-state index in [9.17, 15) is 4.79 Å². The molecule has 2 rings (SSSR count). The molecule has 1 amide bonds. The van der Waals surface area contributed by atoms with Crippen molar-refractivity contribution in [3.63, 3.8) is 0 Å². The van der Waals surface area contributed by atoms with Crippen LogP contribution in [0.1, 0.15) is 21.5 Å². The zero-order valence-electron chi connectivity index (χ0n) is 10.9. The van der Waals surface area contributed by atoms with Crippen LogP contribution < -0.4 is 11.1 Å². The molecule has 6 heteroatoms. The molecule has 3 nitrogen and oxygen atoms in total. The van der Waals surface area contributed by atoms with Gasteiger partial charge >= 0.3 is 0 Å². The molecule has 0 atom stereocenters. The molecule has 0 aliphatic rings. The molecule has 0 unspecified atom stereocenters. The van der Waals surface area contributed by atoms with Crippen LogP contribution in [-0.4, -0.2) is 10.9 Å². The molecule has 0 aliphatic carbocycles. The fraction of sp³-hybridized carbons (Fsp3) is 0.0667. The molecule has 0 heterocycles. The number of rotatable bonds is 4. The van der Waals surface area contributed by atoms with Crippen molar-refractivity contribution in [3.05, 3.63) is 69.2 Å². The van der Waals surface area contributed by atoms with E-state index in [2.05, 4.69) is 5.32 Å². The van der Waals surface area contributed by atoms with Crippen LogP contribution in [0.5, 0.6) is 0 Å². The van der Waals surface area contributed by atoms with Crippen LogP contribution in [0, 0.1) is 0 Å². The summed E-state index contributed by atoms with van der Waals surface area (Å²) in [6.07, 6.45) is 0. The maximum atomic E-state index is 12.1. The summed E-state index contributed by atoms with van der Waals surface area (Å²) in [6, 6.07) is 12.3. The number of amides is 1. The minimum Gasteiger partial charge on any atom is -0.389 e. The van der Waals surface area contributed by atoms with Crippen molar-refractivity contribution in [1.82, 2.24) is 5.32 Å². The van der Waals surface area contributed by atoms with Crippen LogP contribution in [0.25, 0.3) is 0 Å². The fourth-order valence-corrected chi connectivity index (χ4v) is 2.52. The van der Waals surface area contributed by atoms with Crippen LogP contribution in [0.15, 0.2) is 42.5 Å². The summed E-state index contributed by atoms with van der Waals surface area (Å²) in [4.78, 5) is 12.5. The zero-order chi connectivity index (χ0) is 15.4. The third-order valence-corrected chi connectivity index (χ3v) is 3.72. The van der Waals surface area contributed by atoms with Gasteiger partial charge in [-0.05, 0) is 23.8 Å². The number of thiocarbonyl (C=S) groups is 1. The van der Waals surface area contributed by atoms with Crippen molar-refractivity contribution in [3.8, 4) is 0 Å². The predicted molar refractivity (Wildman–Crippen MR) is 90.0 cm³/mol. The molecule has 0 aromatic heterocycles. The Morgan fingerprint density at radius 1 is 1.14 bits per heavy atom. The number of nitrogens with one attached hydrogen (secondary N) is 1. The van der Waals surface area contributed by atoms with E-state index in [1.54, 1.807) is 18.2 Å². The van der Waals surface area contributed by atoms with Crippen LogP contribution in [-0.2, 0) is 6.54 Å². The lowest BCUT2D eigenvalue weighted by molar-refractivity contribution is 0.0951. The Bertz CT molecular complexity index is 684. The minimum absolute atomic E-state index is 0.270. The highest BCUT2D eigenvalue weighted by Crippen LogP contribution is 2.24. The normalized spacial score (nSPS) is 10.2. The maximum absolute atomic E-state index is 12.1. The SMILES string of the molecule is NC(=S)c1cccc(CNC(=O)c2c(Cl)cccc2Cl)c1. The molecule has 0 radical (unpaired) electrons. The van der Waals surface area contributed by atoms with E-state index in [1.165, 1.54) is 0 Å². The Balaban J connectivity index is 2.11. The molecule has 108 valence electrons. The molecule has 0 aliphatic heterocycles. The van der Waals surface area contributed by atoms with Gasteiger partial charge in [0.2, 0.25) is 0 Å². The van der Waals surface area contributed by atoms with E-state index < -0.39 is 0 Å². The number of hydrogen-bond acceptors (Lipinski definition) is 2. The number of benzene rings is 2. The summed E-state index contributed by atoms with van der Waals surface area (Å²) in [5.74, 6) is -0.327. The van der Waals surface area contributed by atoms with Gasteiger partial charge in [0.15, 0.2) is 0 Å². The molecule has 21 heavy (non-hydrogen) atoms. The summed E-state index contributed by atoms with van der Waals surface area (Å²) >= 11 is 16.9. The van der Waals surface area contributed by atoms with Gasteiger partial charge < -0.3 is 11.1 Å². The smallest absolute Gasteiger partial charge is 0.254 e. The molecular weight excluding hydrogens is 327 g/mol. The minimum atomic E-state index is -0.327. The van der Waals surface area contributed by atoms with Gasteiger partial charge in [-0.25, -0.2) is 0 Å². The predicted octanol–water partition coefficient (Wildman–Crippen LogP) is 3.56. The number of nitrogens with two attached hydrogens (primary N) is 1. The molecule has 0 fully saturated rings. The lowest BCUT2D eigenvalue weighted by atomic mass is 10.1. The van der Waals surface area contributed by atoms with Gasteiger partial charge in [0.1, 0.15) is 4.99 Å². The van der Waals surface area contributed by atoms with E-state index in [0.717, 1.165) is 11.1 Å². The summed E-state index contributed by atoms with van der Waals surface area (Å²) in [5, 5.41) is 3.40. The number of halogens is 2. The summed E-state index contributed by atoms with van der Waals surface area (Å²) < 4.78 is 0. The van der Waals surface area contributed by atoms with Crippen molar-refractivity contribution >= 4 is 46.3 Å².